The van der Waals surface area contributed by atoms with Gasteiger partial charge in [0.2, 0.25) is 5.91 Å². The van der Waals surface area contributed by atoms with Crippen LogP contribution in [0.15, 0.2) is 23.3 Å². The first-order valence-electron chi connectivity index (χ1n) is 6.45. The van der Waals surface area contributed by atoms with Crippen molar-refractivity contribution in [3.63, 3.8) is 0 Å². The summed E-state index contributed by atoms with van der Waals surface area (Å²) in [5.41, 5.74) is 2.85. The molecule has 1 fully saturated rings. The summed E-state index contributed by atoms with van der Waals surface area (Å²) in [6.07, 6.45) is 6.43. The van der Waals surface area contributed by atoms with E-state index in [0.717, 1.165) is 37.8 Å². The number of amides is 1. The zero-order valence-electron chi connectivity index (χ0n) is 10.5. The monoisotopic (exact) mass is 266 g/mol. The summed E-state index contributed by atoms with van der Waals surface area (Å²) in [7, 11) is 0. The van der Waals surface area contributed by atoms with E-state index in [-0.39, 0.29) is 11.8 Å². The standard InChI is InChI=1S/C14H16F2N2O/c15-12-7-6-10(8-13(12)16)9-17-18-14(19)11-4-2-1-3-5-11/h6-9,11H,1-5H2,(H,18,19)/b17-9-. The molecule has 0 radical (unpaired) electrons. The molecular weight excluding hydrogens is 250 g/mol. The number of nitrogens with zero attached hydrogens (tertiary/aromatic N) is 1. The number of nitrogens with one attached hydrogen (secondary N) is 1. The lowest BCUT2D eigenvalue weighted by Crippen LogP contribution is -2.28. The molecule has 1 amide bonds. The van der Waals surface area contributed by atoms with Crippen molar-refractivity contribution in [1.29, 1.82) is 0 Å². The van der Waals surface area contributed by atoms with Crippen molar-refractivity contribution in [2.75, 3.05) is 0 Å². The lowest BCUT2D eigenvalue weighted by molar-refractivity contribution is -0.125. The van der Waals surface area contributed by atoms with E-state index >= 15 is 0 Å². The van der Waals surface area contributed by atoms with Crippen molar-refractivity contribution in [3.8, 4) is 0 Å². The Morgan fingerprint density at radius 1 is 1.21 bits per heavy atom. The van der Waals surface area contributed by atoms with Crippen LogP contribution in [0.1, 0.15) is 37.7 Å². The van der Waals surface area contributed by atoms with Gasteiger partial charge in [-0.3, -0.25) is 4.79 Å². The highest BCUT2D eigenvalue weighted by atomic mass is 19.2. The SMILES string of the molecule is O=C(N/N=C\c1ccc(F)c(F)c1)C1CCCCC1. The number of carbonyl (C=O) groups excluding carboxylic acids is 1. The topological polar surface area (TPSA) is 41.5 Å². The summed E-state index contributed by atoms with van der Waals surface area (Å²) in [5, 5.41) is 3.77. The fourth-order valence-electron chi connectivity index (χ4n) is 2.22. The third-order valence-corrected chi connectivity index (χ3v) is 3.31. The normalized spacial score (nSPS) is 16.7. The van der Waals surface area contributed by atoms with Crippen molar-refractivity contribution in [1.82, 2.24) is 5.43 Å². The Hall–Kier alpha value is -1.78. The molecule has 0 spiro atoms. The molecular formula is C14H16F2N2O. The Kier molecular flexibility index (Phi) is 4.60. The van der Waals surface area contributed by atoms with Crippen LogP contribution in [0.2, 0.25) is 0 Å². The van der Waals surface area contributed by atoms with Crippen molar-refractivity contribution >= 4 is 12.1 Å². The minimum absolute atomic E-state index is 0.0239. The summed E-state index contributed by atoms with van der Waals surface area (Å²) in [5.74, 6) is -1.90. The van der Waals surface area contributed by atoms with Gasteiger partial charge in [0.25, 0.3) is 0 Å². The molecule has 19 heavy (non-hydrogen) atoms. The van der Waals surface area contributed by atoms with Gasteiger partial charge < -0.3 is 0 Å². The van der Waals surface area contributed by atoms with Crippen molar-refractivity contribution in [2.45, 2.75) is 32.1 Å². The summed E-state index contributed by atoms with van der Waals surface area (Å²) >= 11 is 0. The number of rotatable bonds is 3. The van der Waals surface area contributed by atoms with Gasteiger partial charge in [-0.05, 0) is 30.5 Å². The van der Waals surface area contributed by atoms with Gasteiger partial charge >= 0.3 is 0 Å². The smallest absolute Gasteiger partial charge is 0.243 e. The number of hydrogen-bond donors (Lipinski definition) is 1. The fourth-order valence-corrected chi connectivity index (χ4v) is 2.22. The van der Waals surface area contributed by atoms with Gasteiger partial charge in [0.15, 0.2) is 11.6 Å². The molecule has 3 nitrogen and oxygen atoms in total. The molecule has 1 aromatic carbocycles. The Balaban J connectivity index is 1.88. The van der Waals surface area contributed by atoms with Crippen LogP contribution >= 0.6 is 0 Å². The van der Waals surface area contributed by atoms with Crippen LogP contribution in [0.3, 0.4) is 0 Å². The third-order valence-electron chi connectivity index (χ3n) is 3.31. The van der Waals surface area contributed by atoms with E-state index in [4.69, 9.17) is 0 Å². The molecule has 1 saturated carbocycles. The Labute approximate surface area is 110 Å². The van der Waals surface area contributed by atoms with Crippen LogP contribution in [-0.2, 0) is 4.79 Å². The van der Waals surface area contributed by atoms with Crippen molar-refractivity contribution in [2.24, 2.45) is 11.0 Å². The number of carbonyl (C=O) groups is 1. The number of hydrazone groups is 1. The highest BCUT2D eigenvalue weighted by Gasteiger charge is 2.20. The van der Waals surface area contributed by atoms with Crippen molar-refractivity contribution in [3.05, 3.63) is 35.4 Å². The zero-order chi connectivity index (χ0) is 13.7. The van der Waals surface area contributed by atoms with E-state index < -0.39 is 11.6 Å². The fraction of sp³-hybridized carbons (Fsp3) is 0.429. The lowest BCUT2D eigenvalue weighted by Gasteiger charge is -2.19. The molecule has 0 saturated heterocycles. The maximum absolute atomic E-state index is 12.9. The largest absolute Gasteiger partial charge is 0.273 e. The Bertz CT molecular complexity index is 482. The molecule has 0 atom stereocenters. The number of benzene rings is 1. The quantitative estimate of drug-likeness (QED) is 0.663. The van der Waals surface area contributed by atoms with Gasteiger partial charge in [0, 0.05) is 5.92 Å². The Morgan fingerprint density at radius 2 is 1.95 bits per heavy atom. The highest BCUT2D eigenvalue weighted by molar-refractivity contribution is 5.83. The first kappa shape index (κ1) is 13.6. The molecule has 0 aromatic heterocycles. The van der Waals surface area contributed by atoms with Crippen LogP contribution in [-0.4, -0.2) is 12.1 Å². The average molecular weight is 266 g/mol. The second-order valence-corrected chi connectivity index (χ2v) is 4.74. The van der Waals surface area contributed by atoms with Gasteiger partial charge in [-0.1, -0.05) is 25.3 Å². The van der Waals surface area contributed by atoms with E-state index in [1.807, 2.05) is 0 Å². The predicted molar refractivity (Wildman–Crippen MR) is 68.7 cm³/mol. The number of hydrogen-bond acceptors (Lipinski definition) is 2. The summed E-state index contributed by atoms with van der Waals surface area (Å²) < 4.78 is 25.6. The molecule has 1 aliphatic rings. The average Bonchev–Trinajstić information content (AvgIpc) is 2.43. The molecule has 1 N–H and O–H groups in total. The summed E-state index contributed by atoms with van der Waals surface area (Å²) in [6, 6.07) is 3.46. The molecule has 5 heteroatoms. The zero-order valence-corrected chi connectivity index (χ0v) is 10.5. The maximum Gasteiger partial charge on any atom is 0.243 e. The maximum atomic E-state index is 12.9. The second-order valence-electron chi connectivity index (χ2n) is 4.74. The molecule has 0 aliphatic heterocycles. The van der Waals surface area contributed by atoms with Crippen LogP contribution in [0.25, 0.3) is 0 Å². The molecule has 0 bridgehead atoms. The van der Waals surface area contributed by atoms with E-state index in [9.17, 15) is 13.6 Å². The van der Waals surface area contributed by atoms with Crippen LogP contribution < -0.4 is 5.43 Å². The first-order valence-corrected chi connectivity index (χ1v) is 6.45. The summed E-state index contributed by atoms with van der Waals surface area (Å²) in [4.78, 5) is 11.8. The molecule has 1 aromatic rings. The number of halogens is 2. The third kappa shape index (κ3) is 3.84. The van der Waals surface area contributed by atoms with E-state index in [0.29, 0.717) is 5.56 Å². The van der Waals surface area contributed by atoms with Gasteiger partial charge in [-0.15, -0.1) is 0 Å². The highest BCUT2D eigenvalue weighted by Crippen LogP contribution is 2.23. The van der Waals surface area contributed by atoms with E-state index in [2.05, 4.69) is 10.5 Å². The van der Waals surface area contributed by atoms with E-state index in [1.54, 1.807) is 0 Å². The van der Waals surface area contributed by atoms with Gasteiger partial charge in [-0.2, -0.15) is 5.10 Å². The van der Waals surface area contributed by atoms with Gasteiger partial charge in [-0.25, -0.2) is 14.2 Å². The molecule has 2 rings (SSSR count). The predicted octanol–water partition coefficient (Wildman–Crippen LogP) is 3.00. The van der Waals surface area contributed by atoms with Crippen LogP contribution in [0, 0.1) is 17.6 Å². The van der Waals surface area contributed by atoms with Gasteiger partial charge in [0.05, 0.1) is 6.21 Å². The minimum atomic E-state index is -0.928. The van der Waals surface area contributed by atoms with E-state index in [1.165, 1.54) is 18.7 Å². The molecule has 1 aliphatic carbocycles. The lowest BCUT2D eigenvalue weighted by atomic mass is 9.89. The molecule has 0 unspecified atom stereocenters. The van der Waals surface area contributed by atoms with Gasteiger partial charge in [0.1, 0.15) is 0 Å². The Morgan fingerprint density at radius 3 is 2.63 bits per heavy atom. The van der Waals surface area contributed by atoms with Crippen LogP contribution in [0.4, 0.5) is 8.78 Å². The second kappa shape index (κ2) is 6.41. The summed E-state index contributed by atoms with van der Waals surface area (Å²) in [6.45, 7) is 0. The molecule has 0 heterocycles. The minimum Gasteiger partial charge on any atom is -0.273 e. The van der Waals surface area contributed by atoms with Crippen molar-refractivity contribution < 1.29 is 13.6 Å². The molecule has 102 valence electrons. The van der Waals surface area contributed by atoms with Crippen LogP contribution in [0.5, 0.6) is 0 Å². The first-order chi connectivity index (χ1) is 9.16.